The molecule has 0 aliphatic heterocycles. The second-order valence-electron chi connectivity index (χ2n) is 5.01. The molecule has 0 spiro atoms. The summed E-state index contributed by atoms with van der Waals surface area (Å²) in [5.41, 5.74) is 3.47. The molecule has 24 heavy (non-hydrogen) atoms. The van der Waals surface area contributed by atoms with E-state index in [0.29, 0.717) is 5.69 Å². The first kappa shape index (κ1) is 16.5. The van der Waals surface area contributed by atoms with Crippen molar-refractivity contribution in [2.75, 3.05) is 5.43 Å². The quantitative estimate of drug-likeness (QED) is 0.624. The molecule has 0 fully saturated rings. The zero-order valence-electron chi connectivity index (χ0n) is 12.2. The fourth-order valence-corrected chi connectivity index (χ4v) is 2.83. The summed E-state index contributed by atoms with van der Waals surface area (Å²) in [6, 6.07) is 6.14. The minimum Gasteiger partial charge on any atom is -0.289 e. The summed E-state index contributed by atoms with van der Waals surface area (Å²) in [5, 5.41) is 0. The molecule has 0 atom stereocenters. The maximum absolute atomic E-state index is 14.1. The van der Waals surface area contributed by atoms with Gasteiger partial charge in [-0.3, -0.25) is 5.43 Å². The van der Waals surface area contributed by atoms with E-state index in [1.807, 2.05) is 0 Å². The number of nitrogens with zero attached hydrogens (tertiary/aromatic N) is 2. The van der Waals surface area contributed by atoms with Crippen molar-refractivity contribution >= 4 is 21.6 Å². The molecule has 8 heteroatoms. The molecular formula is C16H10BrF4N3. The summed E-state index contributed by atoms with van der Waals surface area (Å²) in [4.78, 5) is 4.15. The Balaban J connectivity index is 2.12. The summed E-state index contributed by atoms with van der Waals surface area (Å²) < 4.78 is 55.7. The lowest BCUT2D eigenvalue weighted by Gasteiger charge is -2.14. The number of imidazole rings is 1. The van der Waals surface area contributed by atoms with Crippen molar-refractivity contribution in [2.24, 2.45) is 0 Å². The highest BCUT2D eigenvalue weighted by molar-refractivity contribution is 9.10. The van der Waals surface area contributed by atoms with Gasteiger partial charge >= 0.3 is 0 Å². The third kappa shape index (κ3) is 3.01. The summed E-state index contributed by atoms with van der Waals surface area (Å²) in [7, 11) is 0. The van der Waals surface area contributed by atoms with Crippen molar-refractivity contribution < 1.29 is 17.6 Å². The maximum atomic E-state index is 14.1. The van der Waals surface area contributed by atoms with Crippen LogP contribution in [0.1, 0.15) is 5.69 Å². The van der Waals surface area contributed by atoms with E-state index in [2.05, 4.69) is 26.3 Å². The van der Waals surface area contributed by atoms with E-state index in [-0.39, 0.29) is 21.7 Å². The molecule has 1 N–H and O–H groups in total. The van der Waals surface area contributed by atoms with Crippen LogP contribution in [0.3, 0.4) is 0 Å². The predicted octanol–water partition coefficient (Wildman–Crippen LogP) is 5.05. The van der Waals surface area contributed by atoms with Gasteiger partial charge in [0.25, 0.3) is 0 Å². The number of nitrogens with one attached hydrogen (secondary N) is 1. The minimum absolute atomic E-state index is 0.0294. The van der Waals surface area contributed by atoms with Gasteiger partial charge in [0.1, 0.15) is 17.5 Å². The molecule has 3 nitrogen and oxygen atoms in total. The van der Waals surface area contributed by atoms with Crippen LogP contribution >= 0.6 is 15.9 Å². The highest BCUT2D eigenvalue weighted by Gasteiger charge is 2.19. The fourth-order valence-electron chi connectivity index (χ4n) is 2.29. The molecule has 0 unspecified atom stereocenters. The lowest BCUT2D eigenvalue weighted by atomic mass is 10.1. The van der Waals surface area contributed by atoms with Gasteiger partial charge in [-0.05, 0) is 47.1 Å². The van der Waals surface area contributed by atoms with Gasteiger partial charge in [0.15, 0.2) is 10.6 Å². The molecule has 0 bridgehead atoms. The van der Waals surface area contributed by atoms with Crippen LogP contribution in [-0.4, -0.2) is 9.66 Å². The van der Waals surface area contributed by atoms with Gasteiger partial charge in [0.2, 0.25) is 0 Å². The van der Waals surface area contributed by atoms with Crippen LogP contribution in [0.15, 0.2) is 41.1 Å². The van der Waals surface area contributed by atoms with Gasteiger partial charge in [-0.1, -0.05) is 0 Å². The summed E-state index contributed by atoms with van der Waals surface area (Å²) in [5.74, 6) is -3.03. The Morgan fingerprint density at radius 2 is 1.58 bits per heavy atom. The number of rotatable bonds is 3. The molecule has 0 aliphatic rings. The highest BCUT2D eigenvalue weighted by Crippen LogP contribution is 2.30. The van der Waals surface area contributed by atoms with Gasteiger partial charge in [-0.25, -0.2) is 27.2 Å². The first-order chi connectivity index (χ1) is 11.4. The van der Waals surface area contributed by atoms with Crippen LogP contribution < -0.4 is 5.43 Å². The molecule has 0 saturated heterocycles. The van der Waals surface area contributed by atoms with Crippen LogP contribution in [0.2, 0.25) is 0 Å². The second kappa shape index (κ2) is 6.27. The van der Waals surface area contributed by atoms with Gasteiger partial charge in [-0.2, -0.15) is 0 Å². The van der Waals surface area contributed by atoms with E-state index in [1.165, 1.54) is 16.8 Å². The monoisotopic (exact) mass is 399 g/mol. The summed E-state index contributed by atoms with van der Waals surface area (Å²) in [6.07, 6.45) is 0. The van der Waals surface area contributed by atoms with Crippen molar-refractivity contribution in [3.8, 4) is 11.3 Å². The summed E-state index contributed by atoms with van der Waals surface area (Å²) in [6.45, 7) is 1.63. The number of aromatic nitrogens is 2. The summed E-state index contributed by atoms with van der Waals surface area (Å²) >= 11 is 3.20. The lowest BCUT2D eigenvalue weighted by molar-refractivity contribution is 0.583. The fraction of sp³-hybridized carbons (Fsp3) is 0.0625. The van der Waals surface area contributed by atoms with Crippen molar-refractivity contribution in [3.05, 3.63) is 70.1 Å². The topological polar surface area (TPSA) is 29.9 Å². The van der Waals surface area contributed by atoms with E-state index >= 15 is 0 Å². The van der Waals surface area contributed by atoms with E-state index in [9.17, 15) is 17.6 Å². The predicted molar refractivity (Wildman–Crippen MR) is 85.4 cm³/mol. The Kier molecular flexibility index (Phi) is 4.31. The average Bonchev–Trinajstić information content (AvgIpc) is 2.76. The van der Waals surface area contributed by atoms with Crippen molar-refractivity contribution in [1.29, 1.82) is 0 Å². The lowest BCUT2D eigenvalue weighted by Crippen LogP contribution is -2.13. The SMILES string of the molecule is Cc1nc(Br)n(Nc2ccc(F)cc2F)c1-c1ccc(F)cc1F. The van der Waals surface area contributed by atoms with Gasteiger partial charge in [0, 0.05) is 17.7 Å². The molecule has 124 valence electrons. The standard InChI is InChI=1S/C16H10BrF4N3/c1-8-15(11-4-2-9(18)6-12(11)20)24(16(17)22-8)23-14-5-3-10(19)7-13(14)21/h2-7,23H,1H3. The van der Waals surface area contributed by atoms with Crippen LogP contribution in [0.5, 0.6) is 0 Å². The zero-order valence-corrected chi connectivity index (χ0v) is 13.8. The Morgan fingerprint density at radius 3 is 2.21 bits per heavy atom. The average molecular weight is 400 g/mol. The molecule has 0 saturated carbocycles. The Hall–Kier alpha value is -2.35. The van der Waals surface area contributed by atoms with E-state index < -0.39 is 23.3 Å². The molecule has 2 aromatic carbocycles. The molecule has 1 heterocycles. The molecular weight excluding hydrogens is 390 g/mol. The van der Waals surface area contributed by atoms with E-state index in [0.717, 1.165) is 24.3 Å². The van der Waals surface area contributed by atoms with Crippen LogP contribution in [-0.2, 0) is 0 Å². The largest absolute Gasteiger partial charge is 0.289 e. The third-order valence-corrected chi connectivity index (χ3v) is 3.89. The number of hydrogen-bond donors (Lipinski definition) is 1. The molecule has 3 rings (SSSR count). The smallest absolute Gasteiger partial charge is 0.196 e. The number of aryl methyl sites for hydroxylation is 1. The number of benzene rings is 2. The van der Waals surface area contributed by atoms with Crippen molar-refractivity contribution in [3.63, 3.8) is 0 Å². The maximum Gasteiger partial charge on any atom is 0.196 e. The molecule has 0 aliphatic carbocycles. The second-order valence-corrected chi connectivity index (χ2v) is 5.72. The first-order valence-electron chi connectivity index (χ1n) is 6.79. The Labute approximate surface area is 143 Å². The van der Waals surface area contributed by atoms with Crippen LogP contribution in [0.4, 0.5) is 23.2 Å². The molecule has 1 aromatic heterocycles. The van der Waals surface area contributed by atoms with Crippen molar-refractivity contribution in [2.45, 2.75) is 6.92 Å². The zero-order chi connectivity index (χ0) is 17.4. The molecule has 0 amide bonds. The van der Waals surface area contributed by atoms with Crippen LogP contribution in [0, 0.1) is 30.2 Å². The van der Waals surface area contributed by atoms with Gasteiger partial charge in [0.05, 0.1) is 17.1 Å². The number of halogens is 5. The highest BCUT2D eigenvalue weighted by atomic mass is 79.9. The minimum atomic E-state index is -0.821. The van der Waals surface area contributed by atoms with Gasteiger partial charge < -0.3 is 0 Å². The normalized spacial score (nSPS) is 10.9. The van der Waals surface area contributed by atoms with E-state index in [1.54, 1.807) is 6.92 Å². The molecule has 3 aromatic rings. The Bertz CT molecular complexity index is 924. The third-order valence-electron chi connectivity index (χ3n) is 3.36. The Morgan fingerprint density at radius 1 is 0.958 bits per heavy atom. The van der Waals surface area contributed by atoms with E-state index in [4.69, 9.17) is 0 Å². The number of anilines is 1. The van der Waals surface area contributed by atoms with Gasteiger partial charge in [-0.15, -0.1) is 0 Å². The van der Waals surface area contributed by atoms with Crippen molar-refractivity contribution in [1.82, 2.24) is 9.66 Å². The first-order valence-corrected chi connectivity index (χ1v) is 7.58. The van der Waals surface area contributed by atoms with Crippen LogP contribution in [0.25, 0.3) is 11.3 Å². The molecule has 0 radical (unpaired) electrons. The number of hydrogen-bond acceptors (Lipinski definition) is 2.